The third-order valence-corrected chi connectivity index (χ3v) is 7.97. The Balaban J connectivity index is 1.61. The second kappa shape index (κ2) is 9.43. The van der Waals surface area contributed by atoms with Gasteiger partial charge in [-0.2, -0.15) is 14.4 Å². The highest BCUT2D eigenvalue weighted by molar-refractivity contribution is 7.93. The molecule has 1 atom stereocenters. The van der Waals surface area contributed by atoms with E-state index in [1.165, 1.54) is 5.56 Å². The number of aromatic nitrogens is 2. The van der Waals surface area contributed by atoms with E-state index >= 15 is 0 Å². The molecule has 2 aromatic carbocycles. The Bertz CT molecular complexity index is 1070. The fourth-order valence-electron chi connectivity index (χ4n) is 4.11. The highest BCUT2D eigenvalue weighted by atomic mass is 35.5. The molecule has 0 radical (unpaired) electrons. The molecule has 2 heterocycles. The van der Waals surface area contributed by atoms with E-state index in [1.54, 1.807) is 4.68 Å². The van der Waals surface area contributed by atoms with E-state index in [-0.39, 0.29) is 0 Å². The van der Waals surface area contributed by atoms with Crippen molar-refractivity contribution in [3.8, 4) is 11.1 Å². The molecule has 1 aliphatic heterocycles. The zero-order valence-corrected chi connectivity index (χ0v) is 20.2. The second-order valence-electron chi connectivity index (χ2n) is 7.97. The quantitative estimate of drug-likeness (QED) is 0.397. The minimum atomic E-state index is -1.36. The van der Waals surface area contributed by atoms with Crippen molar-refractivity contribution >= 4 is 40.3 Å². The van der Waals surface area contributed by atoms with Crippen LogP contribution in [-0.4, -0.2) is 27.4 Å². The number of anilines is 1. The fraction of sp³-hybridized carbons (Fsp3) is 0.348. The van der Waals surface area contributed by atoms with Gasteiger partial charge in [0.15, 0.2) is 0 Å². The van der Waals surface area contributed by atoms with Crippen LogP contribution in [0.15, 0.2) is 41.3 Å². The van der Waals surface area contributed by atoms with Crippen molar-refractivity contribution in [2.24, 2.45) is 7.05 Å². The van der Waals surface area contributed by atoms with E-state index in [9.17, 15) is 4.55 Å². The van der Waals surface area contributed by atoms with Crippen LogP contribution in [0.5, 0.6) is 0 Å². The number of piperidine rings is 1. The molecule has 1 fully saturated rings. The molecule has 0 spiro atoms. The molecule has 1 aromatic heterocycles. The molecule has 3 aromatic rings. The molecule has 1 unspecified atom stereocenters. The Kier molecular flexibility index (Phi) is 6.84. The Morgan fingerprint density at radius 3 is 2.39 bits per heavy atom. The maximum Gasteiger partial charge on any atom is 0.306 e. The van der Waals surface area contributed by atoms with Crippen LogP contribution in [0.4, 0.5) is 5.69 Å². The number of nitrogens with zero attached hydrogens (tertiary/aromatic N) is 2. The third-order valence-electron chi connectivity index (χ3n) is 5.93. The molecule has 0 amide bonds. The predicted molar refractivity (Wildman–Crippen MR) is 131 cm³/mol. The first kappa shape index (κ1) is 22.5. The summed E-state index contributed by atoms with van der Waals surface area (Å²) in [6.07, 6.45) is 2.30. The zero-order chi connectivity index (χ0) is 22.1. The highest BCUT2D eigenvalue weighted by Crippen LogP contribution is 2.37. The normalized spacial score (nSPS) is 15.8. The van der Waals surface area contributed by atoms with Gasteiger partial charge in [0.1, 0.15) is 15.7 Å². The van der Waals surface area contributed by atoms with Crippen molar-refractivity contribution in [2.75, 3.05) is 17.8 Å². The van der Waals surface area contributed by atoms with Crippen molar-refractivity contribution in [3.05, 3.63) is 63.4 Å². The SMILES string of the molecule is Cc1nn(C)c(C)c1N[S+](O)c1c(Cl)cc(-c2cccc(C3CCNCC3)c2)cc1Cl. The van der Waals surface area contributed by atoms with Gasteiger partial charge in [-0.1, -0.05) is 47.5 Å². The smallest absolute Gasteiger partial charge is 0.306 e. The van der Waals surface area contributed by atoms with Gasteiger partial charge in [0.2, 0.25) is 0 Å². The molecule has 0 bridgehead atoms. The summed E-state index contributed by atoms with van der Waals surface area (Å²) in [5, 5.41) is 8.67. The van der Waals surface area contributed by atoms with Crippen LogP contribution >= 0.6 is 23.2 Å². The summed E-state index contributed by atoms with van der Waals surface area (Å²) in [6, 6.07) is 12.4. The average Bonchev–Trinajstić information content (AvgIpc) is 3.00. The van der Waals surface area contributed by atoms with Crippen LogP contribution in [0.2, 0.25) is 10.0 Å². The minimum absolute atomic E-state index is 0.437. The first-order valence-corrected chi connectivity index (χ1v) is 12.3. The van der Waals surface area contributed by atoms with Crippen LogP contribution in [-0.2, 0) is 18.4 Å². The Morgan fingerprint density at radius 2 is 1.77 bits per heavy atom. The maximum absolute atomic E-state index is 10.9. The lowest BCUT2D eigenvalue weighted by Crippen LogP contribution is -2.26. The lowest BCUT2D eigenvalue weighted by molar-refractivity contribution is 0.460. The molecule has 1 saturated heterocycles. The topological polar surface area (TPSA) is 62.1 Å². The van der Waals surface area contributed by atoms with E-state index in [2.05, 4.69) is 39.4 Å². The van der Waals surface area contributed by atoms with Crippen molar-refractivity contribution in [3.63, 3.8) is 0 Å². The van der Waals surface area contributed by atoms with Gasteiger partial charge in [0, 0.05) is 7.05 Å². The van der Waals surface area contributed by atoms with Gasteiger partial charge in [0.25, 0.3) is 4.90 Å². The zero-order valence-electron chi connectivity index (χ0n) is 17.9. The number of hydrogen-bond donors (Lipinski definition) is 3. The third kappa shape index (κ3) is 4.73. The molecule has 5 nitrogen and oxygen atoms in total. The van der Waals surface area contributed by atoms with E-state index in [0.717, 1.165) is 54.1 Å². The van der Waals surface area contributed by atoms with E-state index in [4.69, 9.17) is 23.2 Å². The molecule has 0 aliphatic carbocycles. The van der Waals surface area contributed by atoms with Crippen molar-refractivity contribution in [1.29, 1.82) is 0 Å². The van der Waals surface area contributed by atoms with E-state index in [0.29, 0.717) is 20.9 Å². The van der Waals surface area contributed by atoms with Crippen molar-refractivity contribution in [2.45, 2.75) is 37.5 Å². The van der Waals surface area contributed by atoms with Crippen LogP contribution in [0, 0.1) is 13.8 Å². The standard InChI is InChI=1S/C23H27Cl2N4OS/c1-14-22(15(2)29(3)27-14)28-31(30)23-20(24)12-19(13-21(23)25)18-6-4-5-17(11-18)16-7-9-26-10-8-16/h4-6,11-13,16,26,28,30H,7-10H2,1-3H3/q+1. The summed E-state index contributed by atoms with van der Waals surface area (Å²) in [7, 11) is 1.87. The highest BCUT2D eigenvalue weighted by Gasteiger charge is 2.31. The summed E-state index contributed by atoms with van der Waals surface area (Å²) >= 11 is 11.9. The molecular formula is C23H27Cl2N4OS+. The van der Waals surface area contributed by atoms with E-state index < -0.39 is 11.4 Å². The first-order chi connectivity index (χ1) is 14.8. The lowest BCUT2D eigenvalue weighted by Gasteiger charge is -2.23. The summed E-state index contributed by atoms with van der Waals surface area (Å²) in [5.41, 5.74) is 5.91. The molecule has 1 aliphatic rings. The Labute approximate surface area is 196 Å². The number of rotatable bonds is 5. The van der Waals surface area contributed by atoms with Gasteiger partial charge < -0.3 is 5.32 Å². The van der Waals surface area contributed by atoms with Gasteiger partial charge in [-0.3, -0.25) is 4.68 Å². The molecular weight excluding hydrogens is 451 g/mol. The minimum Gasteiger partial charge on any atom is -0.317 e. The molecule has 31 heavy (non-hydrogen) atoms. The molecule has 0 saturated carbocycles. The van der Waals surface area contributed by atoms with E-state index in [1.807, 2.05) is 33.0 Å². The van der Waals surface area contributed by atoms with Crippen molar-refractivity contribution in [1.82, 2.24) is 15.1 Å². The molecule has 164 valence electrons. The monoisotopic (exact) mass is 477 g/mol. The Hall–Kier alpha value is -1.70. The van der Waals surface area contributed by atoms with Crippen LogP contribution in [0.25, 0.3) is 11.1 Å². The van der Waals surface area contributed by atoms with Gasteiger partial charge in [-0.15, -0.1) is 0 Å². The molecule has 8 heteroatoms. The number of nitrogens with one attached hydrogen (secondary N) is 2. The van der Waals surface area contributed by atoms with Gasteiger partial charge in [-0.25, -0.2) is 0 Å². The average molecular weight is 478 g/mol. The number of halogens is 2. The number of hydrogen-bond acceptors (Lipinski definition) is 4. The predicted octanol–water partition coefficient (Wildman–Crippen LogP) is 5.96. The van der Waals surface area contributed by atoms with Crippen LogP contribution < -0.4 is 10.0 Å². The Morgan fingerprint density at radius 1 is 1.10 bits per heavy atom. The fourth-order valence-corrected chi connectivity index (χ4v) is 6.11. The van der Waals surface area contributed by atoms with Crippen LogP contribution in [0.3, 0.4) is 0 Å². The lowest BCUT2D eigenvalue weighted by atomic mass is 9.88. The summed E-state index contributed by atoms with van der Waals surface area (Å²) in [5.74, 6) is 0.574. The molecule has 3 N–H and O–H groups in total. The molecule has 4 rings (SSSR count). The van der Waals surface area contributed by atoms with Gasteiger partial charge in [-0.05, 0) is 74.5 Å². The summed E-state index contributed by atoms with van der Waals surface area (Å²) in [4.78, 5) is 0.490. The van der Waals surface area contributed by atoms with Crippen molar-refractivity contribution < 1.29 is 4.55 Å². The maximum atomic E-state index is 10.9. The summed E-state index contributed by atoms with van der Waals surface area (Å²) in [6.45, 7) is 5.96. The second-order valence-corrected chi connectivity index (χ2v) is 9.97. The van der Waals surface area contributed by atoms with Gasteiger partial charge >= 0.3 is 11.4 Å². The summed E-state index contributed by atoms with van der Waals surface area (Å²) < 4.78 is 15.8. The number of aryl methyl sites for hydroxylation is 2. The van der Waals surface area contributed by atoms with Gasteiger partial charge in [0.05, 0.1) is 11.4 Å². The largest absolute Gasteiger partial charge is 0.317 e. The van der Waals surface area contributed by atoms with Crippen LogP contribution in [0.1, 0.15) is 35.7 Å². The number of benzene rings is 2. The first-order valence-electron chi connectivity index (χ1n) is 10.4.